The van der Waals surface area contributed by atoms with Crippen molar-refractivity contribution >= 4 is 11.8 Å². The van der Waals surface area contributed by atoms with E-state index in [1.165, 1.54) is 0 Å². The Morgan fingerprint density at radius 1 is 1.47 bits per heavy atom. The highest BCUT2D eigenvalue weighted by Gasteiger charge is 2.17. The first-order valence-electron chi connectivity index (χ1n) is 5.49. The van der Waals surface area contributed by atoms with Gasteiger partial charge in [0.05, 0.1) is 18.5 Å². The van der Waals surface area contributed by atoms with Gasteiger partial charge in [-0.05, 0) is 33.8 Å². The van der Waals surface area contributed by atoms with Crippen LogP contribution in [-0.2, 0) is 4.74 Å². The molecule has 5 heteroatoms. The number of rotatable bonds is 3. The lowest BCUT2D eigenvalue weighted by molar-refractivity contribution is 0.0635. The molecule has 0 aliphatic carbocycles. The van der Waals surface area contributed by atoms with Crippen molar-refractivity contribution in [2.24, 2.45) is 0 Å². The van der Waals surface area contributed by atoms with Gasteiger partial charge < -0.3 is 9.47 Å². The summed E-state index contributed by atoms with van der Waals surface area (Å²) in [5.41, 5.74) is 0.0270. The molecule has 1 N–H and O–H groups in total. The molecule has 17 heavy (non-hydrogen) atoms. The predicted molar refractivity (Wildman–Crippen MR) is 65.3 cm³/mol. The Hall–Kier alpha value is -1.78. The van der Waals surface area contributed by atoms with E-state index in [2.05, 4.69) is 10.3 Å². The number of anilines is 1. The second kappa shape index (κ2) is 5.52. The van der Waals surface area contributed by atoms with Gasteiger partial charge in [-0.3, -0.25) is 10.3 Å². The number of nitrogens with zero attached hydrogens (tertiary/aromatic N) is 1. The third kappa shape index (κ3) is 4.72. The van der Waals surface area contributed by atoms with Gasteiger partial charge in [0.1, 0.15) is 5.60 Å². The molecular formula is C12H18N2O3. The average molecular weight is 238 g/mol. The molecule has 0 aliphatic rings. The lowest BCUT2D eigenvalue weighted by Crippen LogP contribution is -2.27. The van der Waals surface area contributed by atoms with Gasteiger partial charge in [0.2, 0.25) is 0 Å². The van der Waals surface area contributed by atoms with Crippen LogP contribution < -0.4 is 10.1 Å². The highest BCUT2D eigenvalue weighted by Crippen LogP contribution is 2.23. The Balaban J connectivity index is 2.71. The maximum atomic E-state index is 11.6. The molecule has 0 saturated carbocycles. The van der Waals surface area contributed by atoms with E-state index in [4.69, 9.17) is 9.47 Å². The van der Waals surface area contributed by atoms with E-state index < -0.39 is 11.7 Å². The number of carbonyl (C=O) groups excluding carboxylic acids is 1. The number of ether oxygens (including phenoxy) is 2. The summed E-state index contributed by atoms with van der Waals surface area (Å²) in [6.07, 6.45) is 2.62. The number of carbonyl (C=O) groups is 1. The molecule has 1 heterocycles. The second-order valence-electron chi connectivity index (χ2n) is 4.43. The normalized spacial score (nSPS) is 10.8. The Morgan fingerprint density at radius 3 is 2.76 bits per heavy atom. The van der Waals surface area contributed by atoms with Crippen LogP contribution in [-0.4, -0.2) is 23.3 Å². The van der Waals surface area contributed by atoms with Crippen LogP contribution in [0.2, 0.25) is 0 Å². The van der Waals surface area contributed by atoms with Crippen molar-refractivity contribution in [1.29, 1.82) is 0 Å². The molecule has 5 nitrogen and oxygen atoms in total. The first-order valence-corrected chi connectivity index (χ1v) is 5.49. The smallest absolute Gasteiger partial charge is 0.412 e. The van der Waals surface area contributed by atoms with E-state index in [0.29, 0.717) is 18.0 Å². The molecule has 1 aromatic heterocycles. The third-order valence-corrected chi connectivity index (χ3v) is 1.72. The number of aromatic nitrogens is 1. The summed E-state index contributed by atoms with van der Waals surface area (Å²) >= 11 is 0. The Labute approximate surface area is 101 Å². The minimum Gasteiger partial charge on any atom is -0.490 e. The fourth-order valence-electron chi connectivity index (χ4n) is 1.17. The highest BCUT2D eigenvalue weighted by atomic mass is 16.6. The standard InChI is InChI=1S/C12H18N2O3/c1-5-16-10-8-13-7-6-9(10)14-11(15)17-12(2,3)4/h6-8H,5H2,1-4H3,(H,13,14,15). The van der Waals surface area contributed by atoms with Gasteiger partial charge in [-0.15, -0.1) is 0 Å². The number of nitrogens with one attached hydrogen (secondary N) is 1. The monoisotopic (exact) mass is 238 g/mol. The number of pyridine rings is 1. The molecule has 94 valence electrons. The summed E-state index contributed by atoms with van der Waals surface area (Å²) in [5, 5.41) is 2.63. The molecule has 0 aliphatic heterocycles. The van der Waals surface area contributed by atoms with Gasteiger partial charge in [0.25, 0.3) is 0 Å². The van der Waals surface area contributed by atoms with Gasteiger partial charge >= 0.3 is 6.09 Å². The van der Waals surface area contributed by atoms with E-state index >= 15 is 0 Å². The van der Waals surface area contributed by atoms with Crippen LogP contribution in [0.1, 0.15) is 27.7 Å². The van der Waals surface area contributed by atoms with Crippen LogP contribution in [0.25, 0.3) is 0 Å². The maximum Gasteiger partial charge on any atom is 0.412 e. The highest BCUT2D eigenvalue weighted by molar-refractivity contribution is 5.86. The molecule has 0 spiro atoms. The SMILES string of the molecule is CCOc1cnccc1NC(=O)OC(C)(C)C. The van der Waals surface area contributed by atoms with Gasteiger partial charge in [-0.1, -0.05) is 0 Å². The summed E-state index contributed by atoms with van der Waals surface area (Å²) in [6, 6.07) is 1.66. The lowest BCUT2D eigenvalue weighted by atomic mass is 10.2. The first kappa shape index (κ1) is 13.3. The topological polar surface area (TPSA) is 60.5 Å². The Kier molecular flexibility index (Phi) is 4.31. The lowest BCUT2D eigenvalue weighted by Gasteiger charge is -2.20. The summed E-state index contributed by atoms with van der Waals surface area (Å²) in [5.74, 6) is 0.529. The molecular weight excluding hydrogens is 220 g/mol. The summed E-state index contributed by atoms with van der Waals surface area (Å²) in [6.45, 7) is 7.80. The summed E-state index contributed by atoms with van der Waals surface area (Å²) in [7, 11) is 0. The van der Waals surface area contributed by atoms with Crippen LogP contribution in [0.5, 0.6) is 5.75 Å². The second-order valence-corrected chi connectivity index (χ2v) is 4.43. The molecule has 0 atom stereocenters. The molecule has 0 fully saturated rings. The molecule has 1 amide bonds. The molecule has 0 aromatic carbocycles. The maximum absolute atomic E-state index is 11.6. The van der Waals surface area contributed by atoms with Crippen molar-refractivity contribution in [1.82, 2.24) is 4.98 Å². The van der Waals surface area contributed by atoms with Crippen LogP contribution in [0.4, 0.5) is 10.5 Å². The van der Waals surface area contributed by atoms with Crippen molar-refractivity contribution in [3.63, 3.8) is 0 Å². The van der Waals surface area contributed by atoms with E-state index in [-0.39, 0.29) is 0 Å². The number of hydrogen-bond donors (Lipinski definition) is 1. The van der Waals surface area contributed by atoms with E-state index in [0.717, 1.165) is 0 Å². The molecule has 1 aromatic rings. The van der Waals surface area contributed by atoms with E-state index in [1.807, 2.05) is 27.7 Å². The van der Waals surface area contributed by atoms with E-state index in [9.17, 15) is 4.79 Å². The fourth-order valence-corrected chi connectivity index (χ4v) is 1.17. The van der Waals surface area contributed by atoms with Crippen LogP contribution in [0, 0.1) is 0 Å². The van der Waals surface area contributed by atoms with Crippen molar-refractivity contribution in [2.75, 3.05) is 11.9 Å². The zero-order valence-electron chi connectivity index (χ0n) is 10.6. The quantitative estimate of drug-likeness (QED) is 0.879. The zero-order chi connectivity index (χ0) is 12.9. The average Bonchev–Trinajstić information content (AvgIpc) is 2.18. The van der Waals surface area contributed by atoms with Gasteiger partial charge in [0.15, 0.2) is 5.75 Å². The van der Waals surface area contributed by atoms with Crippen molar-refractivity contribution in [3.8, 4) is 5.75 Å². The molecule has 0 unspecified atom stereocenters. The van der Waals surface area contributed by atoms with Crippen LogP contribution in [0.15, 0.2) is 18.5 Å². The zero-order valence-corrected chi connectivity index (χ0v) is 10.6. The van der Waals surface area contributed by atoms with Gasteiger partial charge in [-0.2, -0.15) is 0 Å². The van der Waals surface area contributed by atoms with Crippen LogP contribution >= 0.6 is 0 Å². The Morgan fingerprint density at radius 2 is 2.18 bits per heavy atom. The number of amides is 1. The van der Waals surface area contributed by atoms with Crippen LogP contribution in [0.3, 0.4) is 0 Å². The minimum absolute atomic E-state index is 0.509. The van der Waals surface area contributed by atoms with Gasteiger partial charge in [0, 0.05) is 6.20 Å². The summed E-state index contributed by atoms with van der Waals surface area (Å²) in [4.78, 5) is 15.5. The summed E-state index contributed by atoms with van der Waals surface area (Å²) < 4.78 is 10.5. The number of hydrogen-bond acceptors (Lipinski definition) is 4. The molecule has 0 radical (unpaired) electrons. The fraction of sp³-hybridized carbons (Fsp3) is 0.500. The molecule has 0 bridgehead atoms. The van der Waals surface area contributed by atoms with Gasteiger partial charge in [-0.25, -0.2) is 4.79 Å². The van der Waals surface area contributed by atoms with Crippen molar-refractivity contribution in [3.05, 3.63) is 18.5 Å². The Bertz CT molecular complexity index is 386. The van der Waals surface area contributed by atoms with Crippen molar-refractivity contribution in [2.45, 2.75) is 33.3 Å². The molecule has 1 rings (SSSR count). The van der Waals surface area contributed by atoms with Crippen molar-refractivity contribution < 1.29 is 14.3 Å². The van der Waals surface area contributed by atoms with E-state index in [1.54, 1.807) is 18.5 Å². The first-order chi connectivity index (χ1) is 7.92. The molecule has 0 saturated heterocycles. The predicted octanol–water partition coefficient (Wildman–Crippen LogP) is 2.83. The third-order valence-electron chi connectivity index (χ3n) is 1.72. The minimum atomic E-state index is -0.525. The largest absolute Gasteiger partial charge is 0.490 e.